The summed E-state index contributed by atoms with van der Waals surface area (Å²) >= 11 is 0. The maximum Gasteiger partial charge on any atom is 0.416 e. The SMILES string of the molecule is COC(=O)C(Cc1c[nH]c2ccccc12)NNC(=O)Cc1ccc(C(F)(F)F)cc1. The van der Waals surface area contributed by atoms with Crippen LogP contribution in [0.2, 0.25) is 0 Å². The topological polar surface area (TPSA) is 83.2 Å². The molecule has 6 nitrogen and oxygen atoms in total. The molecule has 1 heterocycles. The van der Waals surface area contributed by atoms with E-state index in [1.165, 1.54) is 19.2 Å². The number of alkyl halides is 3. The second-order valence-corrected chi connectivity index (χ2v) is 6.70. The number of hydrogen-bond donors (Lipinski definition) is 3. The van der Waals surface area contributed by atoms with Crippen molar-refractivity contribution in [3.63, 3.8) is 0 Å². The van der Waals surface area contributed by atoms with E-state index < -0.39 is 29.7 Å². The Balaban J connectivity index is 1.61. The summed E-state index contributed by atoms with van der Waals surface area (Å²) in [6, 6.07) is 11.1. The number of methoxy groups -OCH3 is 1. The molecule has 0 bridgehead atoms. The summed E-state index contributed by atoms with van der Waals surface area (Å²) in [6.07, 6.45) is -2.53. The molecule has 3 rings (SSSR count). The maximum absolute atomic E-state index is 12.6. The van der Waals surface area contributed by atoms with Crippen LogP contribution in [0.15, 0.2) is 54.7 Å². The zero-order valence-electron chi connectivity index (χ0n) is 16.0. The van der Waals surface area contributed by atoms with Crippen molar-refractivity contribution < 1.29 is 27.5 Å². The second-order valence-electron chi connectivity index (χ2n) is 6.70. The molecule has 0 aliphatic carbocycles. The molecule has 3 N–H and O–H groups in total. The summed E-state index contributed by atoms with van der Waals surface area (Å²) in [5, 5.41) is 0.948. The molecule has 0 saturated carbocycles. The van der Waals surface area contributed by atoms with Gasteiger partial charge in [0.15, 0.2) is 0 Å². The van der Waals surface area contributed by atoms with Gasteiger partial charge in [-0.1, -0.05) is 30.3 Å². The number of hydrogen-bond acceptors (Lipinski definition) is 4. The van der Waals surface area contributed by atoms with Gasteiger partial charge in [-0.3, -0.25) is 15.0 Å². The quantitative estimate of drug-likeness (QED) is 0.406. The molecule has 0 spiro atoms. The fourth-order valence-corrected chi connectivity index (χ4v) is 3.06. The first-order chi connectivity index (χ1) is 14.3. The Morgan fingerprint density at radius 3 is 2.47 bits per heavy atom. The molecule has 158 valence electrons. The average Bonchev–Trinajstić information content (AvgIpc) is 3.13. The molecule has 1 aromatic heterocycles. The molecule has 0 aliphatic rings. The molecule has 0 saturated heterocycles. The Hall–Kier alpha value is -3.33. The number of H-pyrrole nitrogens is 1. The molecule has 2 aromatic carbocycles. The highest BCUT2D eigenvalue weighted by atomic mass is 19.4. The number of fused-ring (bicyclic) bond motifs is 1. The lowest BCUT2D eigenvalue weighted by Crippen LogP contribution is -2.50. The van der Waals surface area contributed by atoms with E-state index in [1.54, 1.807) is 6.20 Å². The van der Waals surface area contributed by atoms with E-state index in [9.17, 15) is 22.8 Å². The van der Waals surface area contributed by atoms with Gasteiger partial charge in [-0.2, -0.15) is 13.2 Å². The van der Waals surface area contributed by atoms with Crippen LogP contribution >= 0.6 is 0 Å². The monoisotopic (exact) mass is 419 g/mol. The van der Waals surface area contributed by atoms with Crippen molar-refractivity contribution in [2.75, 3.05) is 7.11 Å². The Kier molecular flexibility index (Phi) is 6.41. The highest BCUT2D eigenvalue weighted by Gasteiger charge is 2.30. The Morgan fingerprint density at radius 2 is 1.80 bits per heavy atom. The predicted octanol–water partition coefficient (Wildman–Crippen LogP) is 3.13. The summed E-state index contributed by atoms with van der Waals surface area (Å²) in [5.74, 6) is -1.06. The minimum Gasteiger partial charge on any atom is -0.468 e. The van der Waals surface area contributed by atoms with Crippen molar-refractivity contribution in [3.05, 3.63) is 71.4 Å². The first-order valence-electron chi connectivity index (χ1n) is 9.11. The minimum atomic E-state index is -4.43. The van der Waals surface area contributed by atoms with Crippen LogP contribution in [0.3, 0.4) is 0 Å². The van der Waals surface area contributed by atoms with Gasteiger partial charge >= 0.3 is 12.1 Å². The lowest BCUT2D eigenvalue weighted by molar-refractivity contribution is -0.143. The Labute approximate surface area is 170 Å². The van der Waals surface area contributed by atoms with E-state index in [-0.39, 0.29) is 12.8 Å². The molecule has 1 atom stereocenters. The van der Waals surface area contributed by atoms with Gasteiger partial charge in [-0.05, 0) is 29.3 Å². The number of benzene rings is 2. The molecule has 1 unspecified atom stereocenters. The van der Waals surface area contributed by atoms with E-state index in [2.05, 4.69) is 15.8 Å². The molecule has 0 radical (unpaired) electrons. The van der Waals surface area contributed by atoms with Crippen molar-refractivity contribution in [2.45, 2.75) is 25.1 Å². The summed E-state index contributed by atoms with van der Waals surface area (Å²) in [5.41, 5.74) is 6.50. The van der Waals surface area contributed by atoms with Crippen LogP contribution < -0.4 is 10.9 Å². The van der Waals surface area contributed by atoms with E-state index in [1.807, 2.05) is 24.3 Å². The summed E-state index contributed by atoms with van der Waals surface area (Å²) < 4.78 is 42.7. The van der Waals surface area contributed by atoms with E-state index in [0.29, 0.717) is 5.56 Å². The van der Waals surface area contributed by atoms with Crippen LogP contribution in [0.5, 0.6) is 0 Å². The first-order valence-corrected chi connectivity index (χ1v) is 9.11. The smallest absolute Gasteiger partial charge is 0.416 e. The molecule has 9 heteroatoms. The van der Waals surface area contributed by atoms with Crippen LogP contribution in [0.4, 0.5) is 13.2 Å². The fourth-order valence-electron chi connectivity index (χ4n) is 3.06. The standard InChI is InChI=1S/C21H20F3N3O3/c1-30-20(29)18(11-14-12-25-17-5-3-2-4-16(14)17)26-27-19(28)10-13-6-8-15(9-7-13)21(22,23)24/h2-9,12,18,25-26H,10-11H2,1H3,(H,27,28). The highest BCUT2D eigenvalue weighted by molar-refractivity contribution is 5.85. The number of aromatic nitrogens is 1. The summed E-state index contributed by atoms with van der Waals surface area (Å²) in [4.78, 5) is 27.4. The van der Waals surface area contributed by atoms with Crippen LogP contribution in [0, 0.1) is 0 Å². The predicted molar refractivity (Wildman–Crippen MR) is 104 cm³/mol. The normalized spacial score (nSPS) is 12.5. The van der Waals surface area contributed by atoms with E-state index in [4.69, 9.17) is 4.74 Å². The Bertz CT molecular complexity index is 1030. The number of rotatable bonds is 7. The molecular formula is C21H20F3N3O3. The first kappa shape index (κ1) is 21.4. The average molecular weight is 419 g/mol. The molecule has 3 aromatic rings. The number of para-hydroxylation sites is 1. The van der Waals surface area contributed by atoms with Gasteiger partial charge in [-0.15, -0.1) is 0 Å². The number of carbonyl (C=O) groups is 2. The van der Waals surface area contributed by atoms with Crippen LogP contribution in [-0.4, -0.2) is 30.0 Å². The van der Waals surface area contributed by atoms with Gasteiger partial charge in [0.05, 0.1) is 19.1 Å². The van der Waals surface area contributed by atoms with Crippen molar-refractivity contribution in [2.24, 2.45) is 0 Å². The minimum absolute atomic E-state index is 0.147. The zero-order valence-corrected chi connectivity index (χ0v) is 16.0. The van der Waals surface area contributed by atoms with Crippen molar-refractivity contribution in [3.8, 4) is 0 Å². The lowest BCUT2D eigenvalue weighted by atomic mass is 10.1. The number of esters is 1. The third-order valence-electron chi connectivity index (χ3n) is 4.62. The van der Waals surface area contributed by atoms with Gasteiger partial charge in [0.2, 0.25) is 5.91 Å². The molecule has 1 amide bonds. The van der Waals surface area contributed by atoms with Gasteiger partial charge in [0.25, 0.3) is 0 Å². The zero-order chi connectivity index (χ0) is 21.7. The van der Waals surface area contributed by atoms with Gasteiger partial charge < -0.3 is 9.72 Å². The fraction of sp³-hybridized carbons (Fsp3) is 0.238. The van der Waals surface area contributed by atoms with Crippen molar-refractivity contribution in [1.29, 1.82) is 0 Å². The third-order valence-corrected chi connectivity index (χ3v) is 4.62. The van der Waals surface area contributed by atoms with Crippen LogP contribution in [-0.2, 0) is 33.3 Å². The van der Waals surface area contributed by atoms with Gasteiger partial charge in [0.1, 0.15) is 6.04 Å². The van der Waals surface area contributed by atoms with Gasteiger partial charge in [-0.25, -0.2) is 5.43 Å². The van der Waals surface area contributed by atoms with Crippen molar-refractivity contribution in [1.82, 2.24) is 15.8 Å². The molecular weight excluding hydrogens is 399 g/mol. The largest absolute Gasteiger partial charge is 0.468 e. The lowest BCUT2D eigenvalue weighted by Gasteiger charge is -2.17. The highest BCUT2D eigenvalue weighted by Crippen LogP contribution is 2.29. The number of aromatic amines is 1. The number of hydrazine groups is 1. The molecule has 0 aliphatic heterocycles. The van der Waals surface area contributed by atoms with Crippen LogP contribution in [0.25, 0.3) is 10.9 Å². The number of ether oxygens (including phenoxy) is 1. The third kappa shape index (κ3) is 5.18. The summed E-state index contributed by atoms with van der Waals surface area (Å²) in [7, 11) is 1.25. The van der Waals surface area contributed by atoms with Crippen LogP contribution in [0.1, 0.15) is 16.7 Å². The number of amides is 1. The molecule has 0 fully saturated rings. The maximum atomic E-state index is 12.6. The number of nitrogens with one attached hydrogen (secondary N) is 3. The van der Waals surface area contributed by atoms with E-state index in [0.717, 1.165) is 28.6 Å². The van der Waals surface area contributed by atoms with Crippen molar-refractivity contribution >= 4 is 22.8 Å². The number of halogens is 3. The summed E-state index contributed by atoms with van der Waals surface area (Å²) in [6.45, 7) is 0. The molecule has 30 heavy (non-hydrogen) atoms. The Morgan fingerprint density at radius 1 is 1.10 bits per heavy atom. The van der Waals surface area contributed by atoms with Gasteiger partial charge in [0, 0.05) is 23.5 Å². The second kappa shape index (κ2) is 9.00. The van der Waals surface area contributed by atoms with E-state index >= 15 is 0 Å². The number of carbonyl (C=O) groups excluding carboxylic acids is 2.